The van der Waals surface area contributed by atoms with Crippen molar-refractivity contribution in [2.45, 2.75) is 55.4 Å². The van der Waals surface area contributed by atoms with E-state index in [4.69, 9.17) is 9.47 Å². The highest BCUT2D eigenvalue weighted by atomic mass is 32.2. The van der Waals surface area contributed by atoms with E-state index in [1.165, 1.54) is 11.1 Å². The molecule has 0 bridgehead atoms. The zero-order valence-electron chi connectivity index (χ0n) is 21.1. The molecule has 0 amide bonds. The van der Waals surface area contributed by atoms with E-state index in [1.807, 2.05) is 19.2 Å². The van der Waals surface area contributed by atoms with Gasteiger partial charge >= 0.3 is 0 Å². The third kappa shape index (κ3) is 5.77. The molecule has 36 heavy (non-hydrogen) atoms. The summed E-state index contributed by atoms with van der Waals surface area (Å²) in [5.74, 6) is 0.715. The van der Waals surface area contributed by atoms with Crippen molar-refractivity contribution >= 4 is 10.0 Å². The highest BCUT2D eigenvalue weighted by Crippen LogP contribution is 2.35. The van der Waals surface area contributed by atoms with E-state index in [-0.39, 0.29) is 23.6 Å². The molecule has 2 aromatic rings. The fourth-order valence-corrected chi connectivity index (χ4v) is 6.74. The third-order valence-electron chi connectivity index (χ3n) is 7.64. The number of hydrogen-bond acceptors (Lipinski definition) is 7. The average molecular weight is 516 g/mol. The smallest absolute Gasteiger partial charge is 0.244 e. The topological polar surface area (TPSA) is 91.3 Å². The Morgan fingerprint density at radius 2 is 1.81 bits per heavy atom. The number of aryl methyl sites for hydroxylation is 1. The van der Waals surface area contributed by atoms with E-state index in [0.29, 0.717) is 38.0 Å². The Hall–Kier alpha value is -2.01. The number of nitrogens with one attached hydrogen (secondary N) is 1. The van der Waals surface area contributed by atoms with Gasteiger partial charge in [-0.25, -0.2) is 13.1 Å². The number of sulfonamides is 1. The van der Waals surface area contributed by atoms with E-state index in [0.717, 1.165) is 31.5 Å². The van der Waals surface area contributed by atoms with Gasteiger partial charge in [0.25, 0.3) is 0 Å². The van der Waals surface area contributed by atoms with Crippen molar-refractivity contribution in [3.8, 4) is 5.75 Å². The van der Waals surface area contributed by atoms with Crippen LogP contribution in [0.3, 0.4) is 0 Å². The van der Waals surface area contributed by atoms with Crippen LogP contribution in [0.25, 0.3) is 0 Å². The van der Waals surface area contributed by atoms with E-state index >= 15 is 0 Å². The average Bonchev–Trinajstić information content (AvgIpc) is 3.26. The highest BCUT2D eigenvalue weighted by molar-refractivity contribution is 7.89. The summed E-state index contributed by atoms with van der Waals surface area (Å²) in [7, 11) is -1.86. The lowest BCUT2D eigenvalue weighted by Gasteiger charge is -2.30. The van der Waals surface area contributed by atoms with Crippen molar-refractivity contribution in [2.24, 2.45) is 0 Å². The molecule has 0 aromatic heterocycles. The van der Waals surface area contributed by atoms with Gasteiger partial charge in [0, 0.05) is 45.9 Å². The maximum Gasteiger partial charge on any atom is 0.244 e. The molecule has 0 unspecified atom stereocenters. The predicted octanol–water partition coefficient (Wildman–Crippen LogP) is 2.11. The van der Waals surface area contributed by atoms with Crippen molar-refractivity contribution in [1.82, 2.24) is 14.5 Å². The fourth-order valence-electron chi connectivity index (χ4n) is 5.56. The summed E-state index contributed by atoms with van der Waals surface area (Å²) >= 11 is 0. The summed E-state index contributed by atoms with van der Waals surface area (Å²) in [6, 6.07) is 14.0. The molecule has 3 heterocycles. The van der Waals surface area contributed by atoms with Crippen LogP contribution in [-0.4, -0.2) is 88.0 Å². The van der Waals surface area contributed by atoms with E-state index in [1.54, 1.807) is 6.07 Å². The molecule has 2 fully saturated rings. The standard InChI is InChI=1S/C27H37N3O5S/c1-19-3-5-20(6-4-19)15-30-17-24-26(18-30)35-25-13-22(21-9-11-34-12-10-21)7-8-27(25)36(32,33)28-14-23(31)16-29(24)2/h3-8,13,21,23-24,26,28,31H,9-12,14-18H2,1-2H3/t23-,24+,26-/m0/s1. The summed E-state index contributed by atoms with van der Waals surface area (Å²) in [6.07, 6.45) is 0.772. The Balaban J connectivity index is 1.46. The minimum atomic E-state index is -3.84. The Kier molecular flexibility index (Phi) is 7.67. The molecule has 0 aliphatic carbocycles. The van der Waals surface area contributed by atoms with Gasteiger partial charge in [-0.05, 0) is 56.0 Å². The normalized spacial score (nSPS) is 28.0. The quantitative estimate of drug-likeness (QED) is 0.647. The summed E-state index contributed by atoms with van der Waals surface area (Å²) in [5, 5.41) is 10.6. The minimum absolute atomic E-state index is 0.0190. The lowest BCUT2D eigenvalue weighted by molar-refractivity contribution is 0.0710. The second-order valence-corrected chi connectivity index (χ2v) is 12.2. The van der Waals surface area contributed by atoms with E-state index < -0.39 is 16.1 Å². The summed E-state index contributed by atoms with van der Waals surface area (Å²) in [4.78, 5) is 4.58. The number of β-amino-alcohol motifs (C(OH)–C–C–N with tert-alkyl or cyclic N) is 1. The Morgan fingerprint density at radius 3 is 2.56 bits per heavy atom. The molecule has 5 rings (SSSR count). The van der Waals surface area contributed by atoms with Crippen LogP contribution >= 0.6 is 0 Å². The van der Waals surface area contributed by atoms with Crippen molar-refractivity contribution in [1.29, 1.82) is 0 Å². The number of benzene rings is 2. The van der Waals surface area contributed by atoms with Gasteiger partial charge in [-0.1, -0.05) is 35.9 Å². The summed E-state index contributed by atoms with van der Waals surface area (Å²) < 4.78 is 41.1. The van der Waals surface area contributed by atoms with Crippen molar-refractivity contribution in [3.05, 3.63) is 59.2 Å². The maximum absolute atomic E-state index is 13.2. The molecule has 3 aliphatic rings. The minimum Gasteiger partial charge on any atom is -0.486 e. The number of aliphatic hydroxyl groups is 1. The summed E-state index contributed by atoms with van der Waals surface area (Å²) in [5.41, 5.74) is 3.55. The van der Waals surface area contributed by atoms with Gasteiger partial charge in [-0.3, -0.25) is 9.80 Å². The molecule has 2 saturated heterocycles. The van der Waals surface area contributed by atoms with Crippen LogP contribution in [0.2, 0.25) is 0 Å². The van der Waals surface area contributed by atoms with Crippen molar-refractivity contribution < 1.29 is 23.0 Å². The van der Waals surface area contributed by atoms with Crippen LogP contribution in [-0.2, 0) is 21.3 Å². The second-order valence-electron chi connectivity index (χ2n) is 10.4. The first-order chi connectivity index (χ1) is 17.3. The fraction of sp³-hybridized carbons (Fsp3) is 0.556. The first kappa shape index (κ1) is 25.6. The van der Waals surface area contributed by atoms with Crippen molar-refractivity contribution in [3.63, 3.8) is 0 Å². The Bertz CT molecular complexity index is 1150. The van der Waals surface area contributed by atoms with Gasteiger partial charge in [0.15, 0.2) is 0 Å². The molecule has 3 atom stereocenters. The van der Waals surface area contributed by atoms with Gasteiger partial charge in [0.05, 0.1) is 12.1 Å². The first-order valence-corrected chi connectivity index (χ1v) is 14.3. The zero-order valence-corrected chi connectivity index (χ0v) is 21.9. The molecule has 3 aliphatic heterocycles. The lowest BCUT2D eigenvalue weighted by Crippen LogP contribution is -2.47. The Labute approximate surface area is 214 Å². The third-order valence-corrected chi connectivity index (χ3v) is 9.10. The largest absolute Gasteiger partial charge is 0.486 e. The Morgan fingerprint density at radius 1 is 1.06 bits per heavy atom. The van der Waals surface area contributed by atoms with E-state index in [2.05, 4.69) is 45.7 Å². The molecule has 2 N–H and O–H groups in total. The number of hydrogen-bond donors (Lipinski definition) is 2. The number of rotatable bonds is 3. The molecule has 9 heteroatoms. The molecule has 8 nitrogen and oxygen atoms in total. The first-order valence-electron chi connectivity index (χ1n) is 12.8. The number of aliphatic hydroxyl groups excluding tert-OH is 1. The number of fused-ring (bicyclic) bond motifs is 2. The van der Waals surface area contributed by atoms with Crippen molar-refractivity contribution in [2.75, 3.05) is 46.4 Å². The van der Waals surface area contributed by atoms with Crippen LogP contribution in [0, 0.1) is 6.92 Å². The predicted molar refractivity (Wildman–Crippen MR) is 138 cm³/mol. The molecular weight excluding hydrogens is 478 g/mol. The van der Waals surface area contributed by atoms with Gasteiger partial charge in [-0.15, -0.1) is 0 Å². The van der Waals surface area contributed by atoms with Crippen LogP contribution < -0.4 is 9.46 Å². The molecule has 2 aromatic carbocycles. The van der Waals surface area contributed by atoms with Gasteiger partial charge in [-0.2, -0.15) is 0 Å². The highest BCUT2D eigenvalue weighted by Gasteiger charge is 2.39. The maximum atomic E-state index is 13.2. The lowest BCUT2D eigenvalue weighted by atomic mass is 9.92. The summed E-state index contributed by atoms with van der Waals surface area (Å²) in [6.45, 7) is 6.06. The molecule has 0 spiro atoms. The second kappa shape index (κ2) is 10.8. The van der Waals surface area contributed by atoms with Crippen LogP contribution in [0.5, 0.6) is 5.75 Å². The van der Waals surface area contributed by atoms with Gasteiger partial charge in [0.1, 0.15) is 16.7 Å². The zero-order chi connectivity index (χ0) is 25.3. The molecule has 0 saturated carbocycles. The SMILES string of the molecule is Cc1ccc(CN2C[C@@H]3Oc4cc(C5CCOCC5)ccc4S(=O)(=O)NC[C@H](O)CN(C)[C@@H]3C2)cc1. The van der Waals surface area contributed by atoms with Gasteiger partial charge < -0.3 is 14.6 Å². The van der Waals surface area contributed by atoms with Crippen LogP contribution in [0.4, 0.5) is 0 Å². The number of likely N-dealkylation sites (N-methyl/N-ethyl adjacent to an activating group) is 1. The number of ether oxygens (including phenoxy) is 2. The van der Waals surface area contributed by atoms with Crippen LogP contribution in [0.1, 0.15) is 35.4 Å². The molecular formula is C27H37N3O5S. The van der Waals surface area contributed by atoms with Gasteiger partial charge in [0.2, 0.25) is 10.0 Å². The van der Waals surface area contributed by atoms with E-state index in [9.17, 15) is 13.5 Å². The molecule has 196 valence electrons. The molecule has 0 radical (unpaired) electrons. The number of likely N-dealkylation sites (tertiary alicyclic amines) is 1. The van der Waals surface area contributed by atoms with Crippen LogP contribution in [0.15, 0.2) is 47.4 Å². The monoisotopic (exact) mass is 515 g/mol. The number of nitrogens with zero attached hydrogens (tertiary/aromatic N) is 2.